The monoisotopic (exact) mass is 338 g/mol. The van der Waals surface area contributed by atoms with Gasteiger partial charge in [-0.15, -0.1) is 11.3 Å². The maximum atomic E-state index is 12.7. The molecule has 0 saturated heterocycles. The molecule has 0 aliphatic carbocycles. The van der Waals surface area contributed by atoms with E-state index >= 15 is 0 Å². The molecule has 2 aromatic heterocycles. The molecule has 124 valence electrons. The van der Waals surface area contributed by atoms with E-state index in [1.54, 1.807) is 6.92 Å². The van der Waals surface area contributed by atoms with Gasteiger partial charge in [-0.25, -0.2) is 9.78 Å². The van der Waals surface area contributed by atoms with Crippen molar-refractivity contribution in [2.24, 2.45) is 0 Å². The number of aliphatic carboxylic acids is 1. The van der Waals surface area contributed by atoms with Gasteiger partial charge in [0.1, 0.15) is 15.5 Å². The Kier molecular flexibility index (Phi) is 5.15. The number of rotatable bonds is 7. The molecular weight excluding hydrogens is 320 g/mol. The quantitative estimate of drug-likeness (QED) is 0.801. The average molecular weight is 338 g/mol. The molecule has 23 heavy (non-hydrogen) atoms. The molecule has 0 radical (unpaired) electrons. The van der Waals surface area contributed by atoms with E-state index in [0.717, 1.165) is 17.8 Å². The first kappa shape index (κ1) is 17.1. The zero-order valence-corrected chi connectivity index (χ0v) is 13.8. The summed E-state index contributed by atoms with van der Waals surface area (Å²) in [4.78, 5) is 39.7. The van der Waals surface area contributed by atoms with Gasteiger partial charge in [-0.1, -0.05) is 6.92 Å². The smallest absolute Gasteiger partial charge is 0.346 e. The lowest BCUT2D eigenvalue weighted by Crippen LogP contribution is -2.25. The first-order chi connectivity index (χ1) is 10.9. The number of thiophene rings is 1. The van der Waals surface area contributed by atoms with Gasteiger partial charge in [0, 0.05) is 19.4 Å². The Morgan fingerprint density at radius 2 is 2.00 bits per heavy atom. The second-order valence-corrected chi connectivity index (χ2v) is 6.27. The maximum absolute atomic E-state index is 12.7. The SMILES string of the molecule is CCCc1nc2sc(C(=O)O)c(C)c2c(=O)n1CCCC(=O)O. The van der Waals surface area contributed by atoms with Crippen molar-refractivity contribution in [3.8, 4) is 0 Å². The third-order valence-corrected chi connectivity index (χ3v) is 4.74. The molecular formula is C15H18N2O5S. The number of carbonyl (C=O) groups is 2. The fraction of sp³-hybridized carbons (Fsp3) is 0.467. The van der Waals surface area contributed by atoms with Crippen molar-refractivity contribution in [2.45, 2.75) is 46.1 Å². The van der Waals surface area contributed by atoms with Crippen LogP contribution >= 0.6 is 11.3 Å². The minimum atomic E-state index is -1.07. The van der Waals surface area contributed by atoms with E-state index in [4.69, 9.17) is 5.11 Å². The Hall–Kier alpha value is -2.22. The standard InChI is InChI=1S/C15H18N2O5S/c1-3-5-9-16-13-11(8(2)12(23-13)15(21)22)14(20)17(9)7-4-6-10(18)19/h3-7H2,1-2H3,(H,18,19)(H,21,22). The first-order valence-corrected chi connectivity index (χ1v) is 8.16. The highest BCUT2D eigenvalue weighted by Gasteiger charge is 2.20. The number of aryl methyl sites for hydroxylation is 2. The number of carboxylic acids is 2. The largest absolute Gasteiger partial charge is 0.481 e. The molecule has 0 aliphatic rings. The minimum absolute atomic E-state index is 0.0287. The van der Waals surface area contributed by atoms with E-state index in [2.05, 4.69) is 4.98 Å². The Morgan fingerprint density at radius 1 is 1.30 bits per heavy atom. The van der Waals surface area contributed by atoms with E-state index in [-0.39, 0.29) is 23.4 Å². The van der Waals surface area contributed by atoms with Gasteiger partial charge in [0.2, 0.25) is 0 Å². The molecule has 2 aromatic rings. The number of hydrogen-bond donors (Lipinski definition) is 2. The molecule has 2 N–H and O–H groups in total. The summed E-state index contributed by atoms with van der Waals surface area (Å²) in [5.74, 6) is -1.41. The molecule has 0 spiro atoms. The second kappa shape index (κ2) is 6.91. The van der Waals surface area contributed by atoms with Gasteiger partial charge in [0.05, 0.1) is 5.39 Å². The van der Waals surface area contributed by atoms with Crippen LogP contribution in [0, 0.1) is 6.92 Å². The topological polar surface area (TPSA) is 109 Å². The van der Waals surface area contributed by atoms with Crippen LogP contribution in [0.5, 0.6) is 0 Å². The van der Waals surface area contributed by atoms with Gasteiger partial charge in [-0.05, 0) is 25.3 Å². The Balaban J connectivity index is 2.58. The lowest BCUT2D eigenvalue weighted by atomic mass is 10.2. The lowest BCUT2D eigenvalue weighted by Gasteiger charge is -2.11. The number of aromatic nitrogens is 2. The molecule has 0 amide bonds. The number of fused-ring (bicyclic) bond motifs is 1. The van der Waals surface area contributed by atoms with E-state index in [0.29, 0.717) is 34.4 Å². The van der Waals surface area contributed by atoms with Gasteiger partial charge in [0.15, 0.2) is 0 Å². The molecule has 0 unspecified atom stereocenters. The Morgan fingerprint density at radius 3 is 2.57 bits per heavy atom. The van der Waals surface area contributed by atoms with Crippen LogP contribution in [0.25, 0.3) is 10.2 Å². The molecule has 0 saturated carbocycles. The van der Waals surface area contributed by atoms with Crippen molar-refractivity contribution in [2.75, 3.05) is 0 Å². The van der Waals surface area contributed by atoms with Crippen molar-refractivity contribution in [1.29, 1.82) is 0 Å². The molecule has 2 rings (SSSR count). The lowest BCUT2D eigenvalue weighted by molar-refractivity contribution is -0.137. The number of carboxylic acid groups (broad SMARTS) is 2. The van der Waals surface area contributed by atoms with Crippen LogP contribution in [0.15, 0.2) is 4.79 Å². The fourth-order valence-corrected chi connectivity index (χ4v) is 3.53. The first-order valence-electron chi connectivity index (χ1n) is 7.34. The molecule has 8 heteroatoms. The molecule has 2 heterocycles. The van der Waals surface area contributed by atoms with Crippen molar-refractivity contribution in [1.82, 2.24) is 9.55 Å². The Labute approximate surface area is 136 Å². The van der Waals surface area contributed by atoms with E-state index in [9.17, 15) is 19.5 Å². The van der Waals surface area contributed by atoms with E-state index < -0.39 is 11.9 Å². The normalized spacial score (nSPS) is 11.0. The van der Waals surface area contributed by atoms with Gasteiger partial charge < -0.3 is 10.2 Å². The van der Waals surface area contributed by atoms with E-state index in [1.807, 2.05) is 6.92 Å². The van der Waals surface area contributed by atoms with Gasteiger partial charge in [-0.3, -0.25) is 14.2 Å². The van der Waals surface area contributed by atoms with Crippen LogP contribution < -0.4 is 5.56 Å². The summed E-state index contributed by atoms with van der Waals surface area (Å²) in [7, 11) is 0. The third-order valence-electron chi connectivity index (χ3n) is 3.57. The summed E-state index contributed by atoms with van der Waals surface area (Å²) >= 11 is 1.01. The van der Waals surface area contributed by atoms with Gasteiger partial charge in [-0.2, -0.15) is 0 Å². The molecule has 0 bridgehead atoms. The summed E-state index contributed by atoms with van der Waals surface area (Å²) in [6, 6.07) is 0. The number of nitrogens with zero attached hydrogens (tertiary/aromatic N) is 2. The van der Waals surface area contributed by atoms with Crippen LogP contribution in [0.1, 0.15) is 47.2 Å². The summed E-state index contributed by atoms with van der Waals surface area (Å²) in [6.45, 7) is 3.83. The molecule has 0 aromatic carbocycles. The maximum Gasteiger partial charge on any atom is 0.346 e. The zero-order valence-electron chi connectivity index (χ0n) is 13.0. The van der Waals surface area contributed by atoms with Crippen LogP contribution in [0.3, 0.4) is 0 Å². The van der Waals surface area contributed by atoms with Gasteiger partial charge >= 0.3 is 11.9 Å². The summed E-state index contributed by atoms with van der Waals surface area (Å²) in [5, 5.41) is 18.3. The van der Waals surface area contributed by atoms with Crippen molar-refractivity contribution < 1.29 is 19.8 Å². The van der Waals surface area contributed by atoms with Crippen molar-refractivity contribution in [3.63, 3.8) is 0 Å². The highest BCUT2D eigenvalue weighted by molar-refractivity contribution is 7.20. The molecule has 0 atom stereocenters. The van der Waals surface area contributed by atoms with Crippen LogP contribution in [-0.4, -0.2) is 31.7 Å². The number of aromatic carboxylic acids is 1. The summed E-state index contributed by atoms with van der Waals surface area (Å²) < 4.78 is 1.49. The van der Waals surface area contributed by atoms with Crippen molar-refractivity contribution in [3.05, 3.63) is 26.6 Å². The highest BCUT2D eigenvalue weighted by atomic mass is 32.1. The second-order valence-electron chi connectivity index (χ2n) is 5.27. The fourth-order valence-electron chi connectivity index (χ4n) is 2.50. The van der Waals surface area contributed by atoms with E-state index in [1.165, 1.54) is 4.57 Å². The number of hydrogen-bond acceptors (Lipinski definition) is 5. The minimum Gasteiger partial charge on any atom is -0.481 e. The predicted molar refractivity (Wildman–Crippen MR) is 86.4 cm³/mol. The van der Waals surface area contributed by atoms with Crippen LogP contribution in [0.4, 0.5) is 0 Å². The van der Waals surface area contributed by atoms with Crippen molar-refractivity contribution >= 4 is 33.5 Å². The highest BCUT2D eigenvalue weighted by Crippen LogP contribution is 2.27. The zero-order chi connectivity index (χ0) is 17.1. The van der Waals surface area contributed by atoms with Crippen LogP contribution in [-0.2, 0) is 17.8 Å². The Bertz CT molecular complexity index is 821. The van der Waals surface area contributed by atoms with Gasteiger partial charge in [0.25, 0.3) is 5.56 Å². The average Bonchev–Trinajstić information content (AvgIpc) is 2.79. The molecule has 0 aliphatic heterocycles. The summed E-state index contributed by atoms with van der Waals surface area (Å²) in [6.07, 6.45) is 1.66. The van der Waals surface area contributed by atoms with Crippen LogP contribution in [0.2, 0.25) is 0 Å². The predicted octanol–water partition coefficient (Wildman–Crippen LogP) is 2.28. The molecule has 0 fully saturated rings. The summed E-state index contributed by atoms with van der Waals surface area (Å²) in [5.41, 5.74) is 0.134. The molecule has 7 nitrogen and oxygen atoms in total. The third kappa shape index (κ3) is 3.42.